The molecule has 10 heteroatoms. The van der Waals surface area contributed by atoms with E-state index in [1.807, 2.05) is 20.8 Å². The van der Waals surface area contributed by atoms with Crippen LogP contribution in [-0.4, -0.2) is 71.2 Å². The molecule has 172 valence electrons. The van der Waals surface area contributed by atoms with Gasteiger partial charge in [-0.1, -0.05) is 26.8 Å². The maximum absolute atomic E-state index is 13.0. The van der Waals surface area contributed by atoms with Gasteiger partial charge in [0.25, 0.3) is 17.7 Å². The minimum atomic E-state index is -1.11. The number of ether oxygens (including phenoxy) is 1. The first-order valence-electron chi connectivity index (χ1n) is 10.7. The molecule has 0 aromatic heterocycles. The standard InChI is InChI=1S/C22H28N4O6/c1-4-24-18(12(2)3)22(31)32-11-10-25-16(27)9-8-15(20(25)29)26-19(28)13-6-5-7-14(23)17(13)21(26)30/h5-7,12,15,18,24H,4,8-11,23H2,1-3H3/t15?,18-/m0/s1. The number of nitrogen functional groups attached to an aromatic ring is 1. The van der Waals surface area contributed by atoms with Crippen molar-refractivity contribution >= 4 is 35.3 Å². The summed E-state index contributed by atoms with van der Waals surface area (Å²) in [6.07, 6.45) is 0.0222. The van der Waals surface area contributed by atoms with Crippen LogP contribution in [0.2, 0.25) is 0 Å². The van der Waals surface area contributed by atoms with Crippen molar-refractivity contribution in [1.29, 1.82) is 0 Å². The number of piperidine rings is 1. The van der Waals surface area contributed by atoms with Crippen LogP contribution in [0, 0.1) is 5.92 Å². The van der Waals surface area contributed by atoms with Crippen molar-refractivity contribution in [3.8, 4) is 0 Å². The maximum Gasteiger partial charge on any atom is 0.323 e. The Balaban J connectivity index is 1.69. The summed E-state index contributed by atoms with van der Waals surface area (Å²) in [5.41, 5.74) is 6.23. The van der Waals surface area contributed by atoms with Crippen molar-refractivity contribution in [2.45, 2.75) is 45.7 Å². The second-order valence-corrected chi connectivity index (χ2v) is 8.14. The largest absolute Gasteiger partial charge is 0.463 e. The third-order valence-electron chi connectivity index (χ3n) is 5.68. The summed E-state index contributed by atoms with van der Waals surface area (Å²) in [7, 11) is 0. The molecule has 1 saturated heterocycles. The number of rotatable bonds is 8. The fraction of sp³-hybridized carbons (Fsp3) is 0.500. The summed E-state index contributed by atoms with van der Waals surface area (Å²) in [6.45, 7) is 5.90. The molecule has 2 atom stereocenters. The highest BCUT2D eigenvalue weighted by Gasteiger charge is 2.47. The smallest absolute Gasteiger partial charge is 0.323 e. The molecule has 0 saturated carbocycles. The Kier molecular flexibility index (Phi) is 6.93. The fourth-order valence-electron chi connectivity index (χ4n) is 4.05. The Morgan fingerprint density at radius 1 is 1.22 bits per heavy atom. The molecule has 3 N–H and O–H groups in total. The average Bonchev–Trinajstić information content (AvgIpc) is 3.00. The molecule has 2 heterocycles. The molecule has 0 aliphatic carbocycles. The number of likely N-dealkylation sites (tertiary alicyclic amines) is 1. The summed E-state index contributed by atoms with van der Waals surface area (Å²) in [5, 5.41) is 3.04. The topological polar surface area (TPSA) is 139 Å². The number of amides is 4. The number of benzene rings is 1. The number of nitrogens with zero attached hydrogens (tertiary/aromatic N) is 2. The zero-order valence-electron chi connectivity index (χ0n) is 18.4. The van der Waals surface area contributed by atoms with E-state index >= 15 is 0 Å². The van der Waals surface area contributed by atoms with E-state index in [9.17, 15) is 24.0 Å². The highest BCUT2D eigenvalue weighted by atomic mass is 16.5. The fourth-order valence-corrected chi connectivity index (χ4v) is 4.05. The van der Waals surface area contributed by atoms with E-state index in [-0.39, 0.29) is 48.7 Å². The number of imide groups is 2. The second kappa shape index (κ2) is 9.47. The van der Waals surface area contributed by atoms with Gasteiger partial charge in [-0.15, -0.1) is 0 Å². The van der Waals surface area contributed by atoms with Crippen molar-refractivity contribution in [3.63, 3.8) is 0 Å². The zero-order valence-corrected chi connectivity index (χ0v) is 18.4. The van der Waals surface area contributed by atoms with Gasteiger partial charge in [0, 0.05) is 12.1 Å². The SMILES string of the molecule is CCN[C@H](C(=O)OCCN1C(=O)CCC(N2C(=O)c3cccc(N)c3C2=O)C1=O)C(C)C. The van der Waals surface area contributed by atoms with Crippen molar-refractivity contribution in [3.05, 3.63) is 29.3 Å². The molecule has 10 nitrogen and oxygen atoms in total. The van der Waals surface area contributed by atoms with Crippen molar-refractivity contribution < 1.29 is 28.7 Å². The Labute approximate surface area is 186 Å². The molecule has 1 unspecified atom stereocenters. The number of hydrogen-bond donors (Lipinski definition) is 2. The third-order valence-corrected chi connectivity index (χ3v) is 5.68. The van der Waals surface area contributed by atoms with E-state index in [1.54, 1.807) is 6.07 Å². The van der Waals surface area contributed by atoms with Gasteiger partial charge in [-0.2, -0.15) is 0 Å². The van der Waals surface area contributed by atoms with E-state index in [1.165, 1.54) is 12.1 Å². The molecular weight excluding hydrogens is 416 g/mol. The van der Waals surface area contributed by atoms with Crippen LogP contribution in [0.15, 0.2) is 18.2 Å². The van der Waals surface area contributed by atoms with Crippen LogP contribution in [0.25, 0.3) is 0 Å². The molecule has 2 aliphatic heterocycles. The lowest BCUT2D eigenvalue weighted by Crippen LogP contribution is -2.56. The van der Waals surface area contributed by atoms with Crippen molar-refractivity contribution in [1.82, 2.24) is 15.1 Å². The quantitative estimate of drug-likeness (QED) is 0.337. The number of nitrogens with one attached hydrogen (secondary N) is 1. The van der Waals surface area contributed by atoms with Gasteiger partial charge in [0.1, 0.15) is 18.7 Å². The monoisotopic (exact) mass is 444 g/mol. The van der Waals surface area contributed by atoms with Gasteiger partial charge in [-0.25, -0.2) is 0 Å². The van der Waals surface area contributed by atoms with Gasteiger partial charge in [0.15, 0.2) is 0 Å². The predicted octanol–water partition coefficient (Wildman–Crippen LogP) is 0.560. The van der Waals surface area contributed by atoms with E-state index in [0.717, 1.165) is 9.80 Å². The van der Waals surface area contributed by atoms with E-state index in [4.69, 9.17) is 10.5 Å². The number of hydrogen-bond acceptors (Lipinski definition) is 8. The highest BCUT2D eigenvalue weighted by molar-refractivity contribution is 6.25. The van der Waals surface area contributed by atoms with Crippen LogP contribution in [0.3, 0.4) is 0 Å². The van der Waals surface area contributed by atoms with E-state index in [2.05, 4.69) is 5.32 Å². The molecule has 2 aliphatic rings. The van der Waals surface area contributed by atoms with Gasteiger partial charge in [0.05, 0.1) is 17.7 Å². The van der Waals surface area contributed by atoms with Crippen LogP contribution >= 0.6 is 0 Å². The number of nitrogens with two attached hydrogens (primary N) is 1. The predicted molar refractivity (Wildman–Crippen MR) is 114 cm³/mol. The van der Waals surface area contributed by atoms with Gasteiger partial charge < -0.3 is 15.8 Å². The van der Waals surface area contributed by atoms with Crippen LogP contribution < -0.4 is 11.1 Å². The minimum Gasteiger partial charge on any atom is -0.463 e. The van der Waals surface area contributed by atoms with Gasteiger partial charge in [0.2, 0.25) is 5.91 Å². The molecule has 1 aromatic rings. The summed E-state index contributed by atoms with van der Waals surface area (Å²) in [4.78, 5) is 65.2. The van der Waals surface area contributed by atoms with Crippen molar-refractivity contribution in [2.24, 2.45) is 5.92 Å². The normalized spacial score (nSPS) is 19.6. The zero-order chi connectivity index (χ0) is 23.6. The Hall–Kier alpha value is -3.27. The van der Waals surface area contributed by atoms with Crippen LogP contribution in [-0.2, 0) is 19.1 Å². The second-order valence-electron chi connectivity index (χ2n) is 8.14. The van der Waals surface area contributed by atoms with Gasteiger partial charge >= 0.3 is 5.97 Å². The molecule has 0 bridgehead atoms. The molecule has 1 aromatic carbocycles. The first-order valence-corrected chi connectivity index (χ1v) is 10.7. The number of carbonyl (C=O) groups excluding carboxylic acids is 5. The van der Waals surface area contributed by atoms with E-state index in [0.29, 0.717) is 6.54 Å². The third kappa shape index (κ3) is 4.22. The number of anilines is 1. The van der Waals surface area contributed by atoms with Gasteiger partial charge in [-0.3, -0.25) is 33.8 Å². The molecule has 3 rings (SSSR count). The molecule has 32 heavy (non-hydrogen) atoms. The first kappa shape index (κ1) is 23.4. The Morgan fingerprint density at radius 2 is 1.94 bits per heavy atom. The van der Waals surface area contributed by atoms with Crippen LogP contribution in [0.1, 0.15) is 54.3 Å². The Bertz CT molecular complexity index is 960. The Morgan fingerprint density at radius 3 is 2.56 bits per heavy atom. The molecule has 0 radical (unpaired) electrons. The van der Waals surface area contributed by atoms with Crippen LogP contribution in [0.5, 0.6) is 0 Å². The van der Waals surface area contributed by atoms with Gasteiger partial charge in [-0.05, 0) is 31.0 Å². The summed E-state index contributed by atoms with van der Waals surface area (Å²) >= 11 is 0. The lowest BCUT2D eigenvalue weighted by Gasteiger charge is -2.34. The van der Waals surface area contributed by atoms with E-state index < -0.39 is 41.7 Å². The first-order chi connectivity index (χ1) is 15.2. The molecule has 4 amide bonds. The number of likely N-dealkylation sites (N-methyl/N-ethyl adjacent to an activating group) is 1. The lowest BCUT2D eigenvalue weighted by molar-refractivity contribution is -0.156. The molecule has 1 fully saturated rings. The minimum absolute atomic E-state index is 0.00587. The average molecular weight is 444 g/mol. The molecule has 0 spiro atoms. The van der Waals surface area contributed by atoms with Crippen molar-refractivity contribution in [2.75, 3.05) is 25.4 Å². The maximum atomic E-state index is 13.0. The lowest BCUT2D eigenvalue weighted by atomic mass is 10.0. The number of fused-ring (bicyclic) bond motifs is 1. The molecular formula is C22H28N4O6. The summed E-state index contributed by atoms with van der Waals surface area (Å²) in [6, 6.07) is 2.95. The number of esters is 1. The highest BCUT2D eigenvalue weighted by Crippen LogP contribution is 2.32. The van der Waals surface area contributed by atoms with Crippen LogP contribution in [0.4, 0.5) is 5.69 Å². The summed E-state index contributed by atoms with van der Waals surface area (Å²) < 4.78 is 5.28. The number of carbonyl (C=O) groups is 5. The summed E-state index contributed by atoms with van der Waals surface area (Å²) in [5.74, 6) is -2.82.